The van der Waals surface area contributed by atoms with Gasteiger partial charge in [0.15, 0.2) is 17.1 Å². The summed E-state index contributed by atoms with van der Waals surface area (Å²) in [6, 6.07) is 7.68. The summed E-state index contributed by atoms with van der Waals surface area (Å²) in [5, 5.41) is 11.2. The van der Waals surface area contributed by atoms with Crippen molar-refractivity contribution in [3.05, 3.63) is 53.5 Å². The van der Waals surface area contributed by atoms with E-state index in [4.69, 9.17) is 9.47 Å². The molecule has 43 heavy (non-hydrogen) atoms. The van der Waals surface area contributed by atoms with Crippen LogP contribution >= 0.6 is 0 Å². The van der Waals surface area contributed by atoms with Crippen molar-refractivity contribution in [3.8, 4) is 11.5 Å². The third-order valence-electron chi connectivity index (χ3n) is 9.22. The van der Waals surface area contributed by atoms with Crippen molar-refractivity contribution in [1.82, 2.24) is 29.7 Å². The van der Waals surface area contributed by atoms with E-state index in [0.29, 0.717) is 74.6 Å². The van der Waals surface area contributed by atoms with Crippen LogP contribution in [0.2, 0.25) is 0 Å². The fourth-order valence-corrected chi connectivity index (χ4v) is 7.26. The standard InChI is InChI=1S/C32H40N6O5/c1-42-27-16-21-10-11-29(40)38-18-22-15-24(19-37(17-22)32(41)25-7-5-13-36-20-34-35-31(25)36)26(38)8-3-9-28(39)33-12-4-6-23(14-21)30(27)43-2/h5,7,13-14,16,20,22,24,26H,3-4,6,8-12,15,17-19H2,1-2H3,(H,33,39)/t22-,24-,26-/m0/s1. The van der Waals surface area contributed by atoms with E-state index in [1.165, 1.54) is 0 Å². The third-order valence-corrected chi connectivity index (χ3v) is 9.22. The summed E-state index contributed by atoms with van der Waals surface area (Å²) < 4.78 is 13.0. The second-order valence-electron chi connectivity index (χ2n) is 12.0. The summed E-state index contributed by atoms with van der Waals surface area (Å²) in [6.45, 7) is 2.37. The summed E-state index contributed by atoms with van der Waals surface area (Å²) in [5.74, 6) is 1.80. The van der Waals surface area contributed by atoms with Crippen LogP contribution in [0.4, 0.5) is 0 Å². The topological polar surface area (TPSA) is 118 Å². The Bertz CT molecular complexity index is 1500. The van der Waals surface area contributed by atoms with Gasteiger partial charge in [0, 0.05) is 51.3 Å². The molecule has 3 aromatic rings. The highest BCUT2D eigenvalue weighted by Gasteiger charge is 2.43. The molecule has 1 aromatic carbocycles. The third kappa shape index (κ3) is 6.03. The molecule has 4 bridgehead atoms. The van der Waals surface area contributed by atoms with Gasteiger partial charge in [0.1, 0.15) is 6.33 Å². The van der Waals surface area contributed by atoms with Crippen molar-refractivity contribution in [1.29, 1.82) is 0 Å². The predicted molar refractivity (Wildman–Crippen MR) is 159 cm³/mol. The lowest BCUT2D eigenvalue weighted by Crippen LogP contribution is -2.60. The van der Waals surface area contributed by atoms with Crippen molar-refractivity contribution in [2.24, 2.45) is 11.8 Å². The summed E-state index contributed by atoms with van der Waals surface area (Å²) in [7, 11) is 3.26. The minimum absolute atomic E-state index is 0.0232. The maximum atomic E-state index is 13.9. The molecule has 3 aliphatic rings. The number of rotatable bonds is 3. The largest absolute Gasteiger partial charge is 0.493 e. The van der Waals surface area contributed by atoms with Gasteiger partial charge in [0.05, 0.1) is 19.8 Å². The van der Waals surface area contributed by atoms with E-state index >= 15 is 0 Å². The van der Waals surface area contributed by atoms with Gasteiger partial charge in [0.25, 0.3) is 5.91 Å². The highest BCUT2D eigenvalue weighted by molar-refractivity contribution is 5.99. The number of amides is 3. The van der Waals surface area contributed by atoms with E-state index in [1.54, 1.807) is 31.0 Å². The van der Waals surface area contributed by atoms with Gasteiger partial charge in [-0.25, -0.2) is 0 Å². The zero-order valence-corrected chi connectivity index (χ0v) is 25.0. The first kappa shape index (κ1) is 28.9. The molecule has 2 saturated heterocycles. The number of pyridine rings is 1. The predicted octanol–water partition coefficient (Wildman–Crippen LogP) is 2.90. The Labute approximate surface area is 251 Å². The number of hydrogen-bond donors (Lipinski definition) is 1. The second kappa shape index (κ2) is 12.6. The summed E-state index contributed by atoms with van der Waals surface area (Å²) in [6.07, 6.45) is 8.75. The summed E-state index contributed by atoms with van der Waals surface area (Å²) in [4.78, 5) is 44.3. The van der Waals surface area contributed by atoms with E-state index < -0.39 is 0 Å². The Morgan fingerprint density at radius 2 is 1.91 bits per heavy atom. The number of aryl methyl sites for hydroxylation is 2. The molecule has 3 atom stereocenters. The zero-order chi connectivity index (χ0) is 29.9. The monoisotopic (exact) mass is 588 g/mol. The van der Waals surface area contributed by atoms with Gasteiger partial charge >= 0.3 is 0 Å². The number of carbonyl (C=O) groups excluding carboxylic acids is 3. The Kier molecular flexibility index (Phi) is 8.49. The van der Waals surface area contributed by atoms with Crippen LogP contribution in [0, 0.1) is 11.8 Å². The number of aromatic nitrogens is 3. The molecule has 2 fully saturated rings. The number of benzene rings is 1. The van der Waals surface area contributed by atoms with E-state index in [1.807, 2.05) is 23.2 Å². The van der Waals surface area contributed by atoms with Crippen molar-refractivity contribution in [3.63, 3.8) is 0 Å². The van der Waals surface area contributed by atoms with E-state index in [2.05, 4.69) is 26.5 Å². The number of hydrogen-bond acceptors (Lipinski definition) is 7. The average Bonchev–Trinajstić information content (AvgIpc) is 3.51. The quantitative estimate of drug-likeness (QED) is 0.500. The highest BCUT2D eigenvalue weighted by atomic mass is 16.5. The normalized spacial score (nSPS) is 23.4. The zero-order valence-electron chi connectivity index (χ0n) is 25.0. The van der Waals surface area contributed by atoms with Crippen molar-refractivity contribution < 1.29 is 23.9 Å². The first-order chi connectivity index (χ1) is 20.9. The van der Waals surface area contributed by atoms with Gasteiger partial charge in [-0.2, -0.15) is 0 Å². The molecule has 2 aromatic heterocycles. The van der Waals surface area contributed by atoms with Crippen LogP contribution in [0.5, 0.6) is 11.5 Å². The van der Waals surface area contributed by atoms with Crippen LogP contribution in [0.3, 0.4) is 0 Å². The lowest BCUT2D eigenvalue weighted by atomic mass is 9.77. The van der Waals surface area contributed by atoms with Crippen molar-refractivity contribution in [2.75, 3.05) is 40.4 Å². The van der Waals surface area contributed by atoms with Gasteiger partial charge in [0.2, 0.25) is 11.8 Å². The molecule has 11 heteroatoms. The number of methoxy groups -OCH3 is 2. The number of carbonyl (C=O) groups is 3. The highest BCUT2D eigenvalue weighted by Crippen LogP contribution is 2.37. The fourth-order valence-electron chi connectivity index (χ4n) is 7.26. The van der Waals surface area contributed by atoms with Gasteiger partial charge in [-0.1, -0.05) is 6.07 Å². The second-order valence-corrected chi connectivity index (χ2v) is 12.0. The van der Waals surface area contributed by atoms with Crippen LogP contribution in [0.25, 0.3) is 5.65 Å². The van der Waals surface area contributed by atoms with Gasteiger partial charge in [-0.15, -0.1) is 10.2 Å². The van der Waals surface area contributed by atoms with E-state index in [9.17, 15) is 14.4 Å². The molecule has 0 radical (unpaired) electrons. The van der Waals surface area contributed by atoms with Gasteiger partial charge in [-0.3, -0.25) is 18.8 Å². The summed E-state index contributed by atoms with van der Waals surface area (Å²) in [5.41, 5.74) is 3.14. The lowest BCUT2D eigenvalue weighted by Gasteiger charge is -2.51. The van der Waals surface area contributed by atoms with Gasteiger partial charge < -0.3 is 24.6 Å². The Morgan fingerprint density at radius 3 is 2.74 bits per heavy atom. The first-order valence-corrected chi connectivity index (χ1v) is 15.3. The Hall–Kier alpha value is -4.15. The molecular weight excluding hydrogens is 548 g/mol. The minimum Gasteiger partial charge on any atom is -0.493 e. The van der Waals surface area contributed by atoms with Crippen LogP contribution < -0.4 is 14.8 Å². The maximum absolute atomic E-state index is 13.9. The first-order valence-electron chi connectivity index (χ1n) is 15.3. The van der Waals surface area contributed by atoms with Crippen LogP contribution in [0.15, 0.2) is 36.8 Å². The number of ether oxygens (including phenoxy) is 2. The van der Waals surface area contributed by atoms with E-state index in [0.717, 1.165) is 36.8 Å². The van der Waals surface area contributed by atoms with Crippen LogP contribution in [0.1, 0.15) is 60.0 Å². The molecule has 0 spiro atoms. The molecule has 1 N–H and O–H groups in total. The smallest absolute Gasteiger partial charge is 0.257 e. The number of piperidine rings is 2. The van der Waals surface area contributed by atoms with Crippen LogP contribution in [-0.2, 0) is 22.4 Å². The number of fused-ring (bicyclic) bond motifs is 7. The van der Waals surface area contributed by atoms with Crippen LogP contribution in [-0.4, -0.2) is 88.6 Å². The Balaban J connectivity index is 1.24. The fraction of sp³-hybridized carbons (Fsp3) is 0.531. The lowest BCUT2D eigenvalue weighted by molar-refractivity contribution is -0.140. The number of nitrogens with one attached hydrogen (secondary N) is 1. The average molecular weight is 589 g/mol. The molecule has 6 rings (SSSR count). The molecule has 3 aliphatic heterocycles. The van der Waals surface area contributed by atoms with E-state index in [-0.39, 0.29) is 35.6 Å². The van der Waals surface area contributed by atoms with Crippen molar-refractivity contribution >= 4 is 23.4 Å². The molecule has 5 heterocycles. The molecular formula is C32H40N6O5. The molecule has 3 amide bonds. The number of nitrogens with zero attached hydrogens (tertiary/aromatic N) is 5. The molecule has 228 valence electrons. The van der Waals surface area contributed by atoms with Crippen molar-refractivity contribution in [2.45, 2.75) is 57.4 Å². The maximum Gasteiger partial charge on any atom is 0.257 e. The molecule has 0 saturated carbocycles. The molecule has 0 unspecified atom stereocenters. The summed E-state index contributed by atoms with van der Waals surface area (Å²) >= 11 is 0. The van der Waals surface area contributed by atoms with Gasteiger partial charge in [-0.05, 0) is 79.7 Å². The SMILES string of the molecule is COc1cc2cc(c1OC)CCCNC(=O)CCC[C@H]1[C@H]3C[C@@H](CN(C(=O)c4cccn5cnnc45)C3)CN1C(=O)CC2. The minimum atomic E-state index is -0.0510. The molecule has 0 aliphatic carbocycles. The molecule has 11 nitrogen and oxygen atoms in total. The number of likely N-dealkylation sites (tertiary alicyclic amines) is 1. The Morgan fingerprint density at radius 1 is 1.02 bits per heavy atom.